The Morgan fingerprint density at radius 3 is 2.37 bits per heavy atom. The molecule has 104 valence electrons. The van der Waals surface area contributed by atoms with E-state index in [4.69, 9.17) is 5.73 Å². The summed E-state index contributed by atoms with van der Waals surface area (Å²) in [7, 11) is 0. The molecule has 2 N–H and O–H groups in total. The highest BCUT2D eigenvalue weighted by molar-refractivity contribution is 5.92. The van der Waals surface area contributed by atoms with Gasteiger partial charge in [0.15, 0.2) is 0 Å². The minimum absolute atomic E-state index is 0.0222. The van der Waals surface area contributed by atoms with Crippen molar-refractivity contribution in [2.24, 2.45) is 5.73 Å². The summed E-state index contributed by atoms with van der Waals surface area (Å²) >= 11 is 0. The molecule has 1 amide bonds. The second kappa shape index (κ2) is 4.51. The molecule has 0 aliphatic heterocycles. The average molecular weight is 272 g/mol. The first-order chi connectivity index (χ1) is 8.73. The third-order valence-electron chi connectivity index (χ3n) is 3.78. The largest absolute Gasteiger partial charge is 0.366 e. The van der Waals surface area contributed by atoms with E-state index in [0.717, 1.165) is 6.07 Å². The maximum absolute atomic E-state index is 14.0. The second-order valence-corrected chi connectivity index (χ2v) is 5.34. The number of amides is 1. The lowest BCUT2D eigenvalue weighted by molar-refractivity contribution is -0.0506. The molecule has 0 unspecified atom stereocenters. The summed E-state index contributed by atoms with van der Waals surface area (Å²) in [5, 5.41) is 0. The Morgan fingerprint density at radius 2 is 1.89 bits per heavy atom. The number of nitrogens with zero attached hydrogens (tertiary/aromatic N) is 1. The minimum atomic E-state index is -2.68. The van der Waals surface area contributed by atoms with E-state index in [2.05, 4.69) is 4.98 Å². The normalized spacial score (nSPS) is 21.1. The van der Waals surface area contributed by atoms with Crippen LogP contribution in [0.15, 0.2) is 12.3 Å². The van der Waals surface area contributed by atoms with Crippen LogP contribution in [0.3, 0.4) is 0 Å². The van der Waals surface area contributed by atoms with E-state index in [1.165, 1.54) is 6.20 Å². The Hall–Kier alpha value is -1.59. The van der Waals surface area contributed by atoms with Gasteiger partial charge in [0.2, 0.25) is 11.8 Å². The molecule has 0 saturated heterocycles. The molecule has 3 nitrogen and oxygen atoms in total. The van der Waals surface area contributed by atoms with Gasteiger partial charge < -0.3 is 5.73 Å². The highest BCUT2D eigenvalue weighted by Crippen LogP contribution is 2.45. The van der Waals surface area contributed by atoms with Crippen molar-refractivity contribution < 1.29 is 18.0 Å². The number of nitrogens with two attached hydrogens (primary N) is 1. The van der Waals surface area contributed by atoms with Crippen LogP contribution >= 0.6 is 0 Å². The third-order valence-corrected chi connectivity index (χ3v) is 3.78. The highest BCUT2D eigenvalue weighted by Gasteiger charge is 2.43. The maximum atomic E-state index is 14.0. The van der Waals surface area contributed by atoms with Crippen LogP contribution in [0.1, 0.15) is 48.7 Å². The summed E-state index contributed by atoms with van der Waals surface area (Å²) in [6.45, 7) is 1.72. The number of pyridine rings is 1. The van der Waals surface area contributed by atoms with Crippen molar-refractivity contribution in [2.45, 2.75) is 43.9 Å². The Labute approximate surface area is 109 Å². The number of hydrogen-bond donors (Lipinski definition) is 1. The smallest absolute Gasteiger partial charge is 0.250 e. The van der Waals surface area contributed by atoms with Gasteiger partial charge >= 0.3 is 0 Å². The molecule has 0 bridgehead atoms. The van der Waals surface area contributed by atoms with Crippen molar-refractivity contribution in [3.63, 3.8) is 0 Å². The number of carbonyl (C=O) groups excluding carboxylic acids is 1. The van der Waals surface area contributed by atoms with Gasteiger partial charge in [0.1, 0.15) is 5.82 Å². The topological polar surface area (TPSA) is 56.0 Å². The number of rotatable bonds is 2. The number of aromatic nitrogens is 1. The molecule has 0 radical (unpaired) electrons. The van der Waals surface area contributed by atoms with E-state index in [1.54, 1.807) is 6.92 Å². The average Bonchev–Trinajstić information content (AvgIpc) is 2.33. The summed E-state index contributed by atoms with van der Waals surface area (Å²) in [5.74, 6) is -4.11. The first kappa shape index (κ1) is 13.8. The van der Waals surface area contributed by atoms with Gasteiger partial charge in [0.05, 0.1) is 11.3 Å². The maximum Gasteiger partial charge on any atom is 0.250 e. The van der Waals surface area contributed by atoms with Gasteiger partial charge in [-0.3, -0.25) is 9.78 Å². The van der Waals surface area contributed by atoms with Crippen LogP contribution in [0.5, 0.6) is 0 Å². The van der Waals surface area contributed by atoms with E-state index in [-0.39, 0.29) is 36.9 Å². The molecule has 6 heteroatoms. The van der Waals surface area contributed by atoms with Gasteiger partial charge in [-0.05, 0) is 18.9 Å². The van der Waals surface area contributed by atoms with Crippen molar-refractivity contribution in [3.05, 3.63) is 29.3 Å². The number of alkyl halides is 2. The van der Waals surface area contributed by atoms with Crippen molar-refractivity contribution in [1.82, 2.24) is 4.98 Å². The van der Waals surface area contributed by atoms with Crippen molar-refractivity contribution >= 4 is 5.91 Å². The molecule has 1 aliphatic carbocycles. The first-order valence-corrected chi connectivity index (χ1v) is 6.07. The van der Waals surface area contributed by atoms with E-state index in [0.29, 0.717) is 0 Å². The van der Waals surface area contributed by atoms with Crippen LogP contribution in [-0.4, -0.2) is 16.8 Å². The molecule has 0 spiro atoms. The number of hydrogen-bond acceptors (Lipinski definition) is 2. The highest BCUT2D eigenvalue weighted by atomic mass is 19.3. The van der Waals surface area contributed by atoms with Gasteiger partial charge in [-0.2, -0.15) is 0 Å². The molecule has 1 aromatic heterocycles. The monoisotopic (exact) mass is 272 g/mol. The van der Waals surface area contributed by atoms with Crippen LogP contribution in [0.4, 0.5) is 13.2 Å². The zero-order valence-electron chi connectivity index (χ0n) is 10.5. The van der Waals surface area contributed by atoms with E-state index < -0.39 is 23.1 Å². The van der Waals surface area contributed by atoms with Gasteiger partial charge in [0.25, 0.3) is 0 Å². The molecular weight excluding hydrogens is 257 g/mol. The number of halogens is 3. The van der Waals surface area contributed by atoms with E-state index in [9.17, 15) is 18.0 Å². The second-order valence-electron chi connectivity index (χ2n) is 5.34. The van der Waals surface area contributed by atoms with Crippen LogP contribution in [0.2, 0.25) is 0 Å². The summed E-state index contributed by atoms with van der Waals surface area (Å²) in [6, 6.07) is 1.02. The van der Waals surface area contributed by atoms with Gasteiger partial charge in [0, 0.05) is 24.5 Å². The van der Waals surface area contributed by atoms with Gasteiger partial charge in [-0.25, -0.2) is 13.2 Å². The van der Waals surface area contributed by atoms with Crippen LogP contribution < -0.4 is 5.73 Å². The number of primary amides is 1. The molecular formula is C13H15F3N2O. The molecule has 1 aliphatic rings. The molecule has 0 atom stereocenters. The fraction of sp³-hybridized carbons (Fsp3) is 0.538. The Morgan fingerprint density at radius 1 is 1.32 bits per heavy atom. The van der Waals surface area contributed by atoms with Gasteiger partial charge in [-0.1, -0.05) is 6.92 Å². The predicted octanol–water partition coefficient (Wildman–Crippen LogP) is 2.79. The molecule has 1 fully saturated rings. The van der Waals surface area contributed by atoms with Crippen molar-refractivity contribution in [3.8, 4) is 0 Å². The lowest BCUT2D eigenvalue weighted by Crippen LogP contribution is -2.35. The molecule has 1 saturated carbocycles. The standard InChI is InChI=1S/C13H15F3N2O/c1-12(2-4-13(15,16)5-3-12)10-9(14)6-8(7-18-10)11(17)19/h6-7H,2-5H2,1H3,(H2,17,19). The summed E-state index contributed by atoms with van der Waals surface area (Å²) < 4.78 is 40.3. The molecule has 19 heavy (non-hydrogen) atoms. The van der Waals surface area contributed by atoms with Crippen LogP contribution in [0.25, 0.3) is 0 Å². The molecule has 1 aromatic rings. The first-order valence-electron chi connectivity index (χ1n) is 6.07. The fourth-order valence-electron chi connectivity index (χ4n) is 2.42. The van der Waals surface area contributed by atoms with Crippen molar-refractivity contribution in [2.75, 3.05) is 0 Å². The molecule has 0 aromatic carbocycles. The SMILES string of the molecule is CC1(c2ncc(C(N)=O)cc2F)CCC(F)(F)CC1. The number of carbonyl (C=O) groups is 1. The predicted molar refractivity (Wildman–Crippen MR) is 63.5 cm³/mol. The minimum Gasteiger partial charge on any atom is -0.366 e. The van der Waals surface area contributed by atoms with E-state index in [1.807, 2.05) is 0 Å². The lowest BCUT2D eigenvalue weighted by Gasteiger charge is -2.36. The summed E-state index contributed by atoms with van der Waals surface area (Å²) in [4.78, 5) is 14.8. The Balaban J connectivity index is 2.29. The summed E-state index contributed by atoms with van der Waals surface area (Å²) in [5.41, 5.74) is 4.42. The van der Waals surface area contributed by atoms with E-state index >= 15 is 0 Å². The van der Waals surface area contributed by atoms with Crippen LogP contribution in [-0.2, 0) is 5.41 Å². The summed E-state index contributed by atoms with van der Waals surface area (Å²) in [6.07, 6.45) is 0.975. The van der Waals surface area contributed by atoms with Crippen molar-refractivity contribution in [1.29, 1.82) is 0 Å². The Bertz CT molecular complexity index is 507. The Kier molecular flexibility index (Phi) is 3.28. The van der Waals surface area contributed by atoms with Crippen LogP contribution in [0, 0.1) is 5.82 Å². The zero-order chi connectivity index (χ0) is 14.3. The third kappa shape index (κ3) is 2.72. The lowest BCUT2D eigenvalue weighted by atomic mass is 9.72. The fourth-order valence-corrected chi connectivity index (χ4v) is 2.42. The zero-order valence-corrected chi connectivity index (χ0v) is 10.5. The van der Waals surface area contributed by atoms with Gasteiger partial charge in [-0.15, -0.1) is 0 Å². The molecule has 2 rings (SSSR count). The quantitative estimate of drug-likeness (QED) is 0.900. The molecule has 1 heterocycles.